The fraction of sp³-hybridized carbons (Fsp3) is 0.0625. The van der Waals surface area contributed by atoms with Crippen molar-refractivity contribution in [1.82, 2.24) is 0 Å². The van der Waals surface area contributed by atoms with Crippen molar-refractivity contribution >= 4 is 23.6 Å². The molecule has 21 heavy (non-hydrogen) atoms. The first-order valence-corrected chi connectivity index (χ1v) is 6.59. The van der Waals surface area contributed by atoms with Gasteiger partial charge in [-0.25, -0.2) is 9.18 Å². The van der Waals surface area contributed by atoms with Gasteiger partial charge in [0, 0.05) is 5.56 Å². The largest absolute Gasteiger partial charge is 0.480 e. The molecule has 0 aromatic heterocycles. The van der Waals surface area contributed by atoms with Gasteiger partial charge in [-0.1, -0.05) is 35.9 Å². The van der Waals surface area contributed by atoms with E-state index in [-0.39, 0.29) is 10.6 Å². The third-order valence-electron chi connectivity index (χ3n) is 3.25. The van der Waals surface area contributed by atoms with Gasteiger partial charge in [-0.15, -0.1) is 0 Å². The molecule has 1 heterocycles. The van der Waals surface area contributed by atoms with Crippen molar-refractivity contribution in [3.05, 3.63) is 70.0 Å². The van der Waals surface area contributed by atoms with E-state index < -0.39 is 17.9 Å². The molecular weight excluding hydrogens is 295 g/mol. The molecule has 0 spiro atoms. The SMILES string of the molecule is O=C(O)C1=Cc2ccccc2OC1c1ccc(F)c(Cl)c1. The molecule has 1 aliphatic heterocycles. The second kappa shape index (κ2) is 5.22. The third-order valence-corrected chi connectivity index (χ3v) is 3.54. The number of carbonyl (C=O) groups is 1. The lowest BCUT2D eigenvalue weighted by Gasteiger charge is -2.25. The van der Waals surface area contributed by atoms with Crippen LogP contribution in [0.25, 0.3) is 6.08 Å². The van der Waals surface area contributed by atoms with Gasteiger partial charge in [-0.2, -0.15) is 0 Å². The van der Waals surface area contributed by atoms with Crippen LogP contribution in [0.4, 0.5) is 4.39 Å². The Labute approximate surface area is 125 Å². The van der Waals surface area contributed by atoms with Crippen LogP contribution in [0.3, 0.4) is 0 Å². The summed E-state index contributed by atoms with van der Waals surface area (Å²) in [7, 11) is 0. The van der Waals surface area contributed by atoms with Crippen LogP contribution in [0.2, 0.25) is 5.02 Å². The summed E-state index contributed by atoms with van der Waals surface area (Å²) in [4.78, 5) is 11.4. The zero-order valence-electron chi connectivity index (χ0n) is 10.7. The molecule has 1 atom stereocenters. The first-order valence-electron chi connectivity index (χ1n) is 6.22. The molecule has 1 unspecified atom stereocenters. The van der Waals surface area contributed by atoms with E-state index in [0.717, 1.165) is 0 Å². The van der Waals surface area contributed by atoms with Crippen LogP contribution >= 0.6 is 11.6 Å². The van der Waals surface area contributed by atoms with Crippen LogP contribution in [-0.2, 0) is 4.79 Å². The Balaban J connectivity index is 2.10. The van der Waals surface area contributed by atoms with Crippen molar-refractivity contribution in [3.8, 4) is 5.75 Å². The van der Waals surface area contributed by atoms with Crippen molar-refractivity contribution in [3.63, 3.8) is 0 Å². The van der Waals surface area contributed by atoms with Crippen LogP contribution in [0.1, 0.15) is 17.2 Å². The van der Waals surface area contributed by atoms with Gasteiger partial charge in [0.1, 0.15) is 11.6 Å². The summed E-state index contributed by atoms with van der Waals surface area (Å²) in [6, 6.07) is 11.2. The number of hydrogen-bond donors (Lipinski definition) is 1. The van der Waals surface area contributed by atoms with Gasteiger partial charge in [-0.05, 0) is 29.8 Å². The highest BCUT2D eigenvalue weighted by molar-refractivity contribution is 6.30. The van der Waals surface area contributed by atoms with Crippen molar-refractivity contribution in [2.45, 2.75) is 6.10 Å². The number of rotatable bonds is 2. The topological polar surface area (TPSA) is 46.5 Å². The van der Waals surface area contributed by atoms with Gasteiger partial charge in [0.05, 0.1) is 10.6 Å². The van der Waals surface area contributed by atoms with Gasteiger partial charge in [-0.3, -0.25) is 0 Å². The van der Waals surface area contributed by atoms with E-state index in [0.29, 0.717) is 16.9 Å². The van der Waals surface area contributed by atoms with E-state index in [1.54, 1.807) is 30.3 Å². The molecule has 5 heteroatoms. The van der Waals surface area contributed by atoms with Crippen molar-refractivity contribution in [2.24, 2.45) is 0 Å². The normalized spacial score (nSPS) is 16.7. The Bertz CT molecular complexity index is 755. The van der Waals surface area contributed by atoms with Crippen LogP contribution in [0.5, 0.6) is 5.75 Å². The molecule has 1 N–H and O–H groups in total. The minimum absolute atomic E-state index is 0.0697. The molecule has 0 amide bonds. The highest BCUT2D eigenvalue weighted by atomic mass is 35.5. The summed E-state index contributed by atoms with van der Waals surface area (Å²) >= 11 is 5.76. The van der Waals surface area contributed by atoms with E-state index >= 15 is 0 Å². The van der Waals surface area contributed by atoms with Gasteiger partial charge in [0.15, 0.2) is 6.10 Å². The number of para-hydroxylation sites is 1. The maximum Gasteiger partial charge on any atom is 0.335 e. The Kier molecular flexibility index (Phi) is 3.39. The van der Waals surface area contributed by atoms with E-state index in [1.807, 2.05) is 0 Å². The van der Waals surface area contributed by atoms with Gasteiger partial charge < -0.3 is 9.84 Å². The number of carboxylic acids is 1. The van der Waals surface area contributed by atoms with E-state index in [4.69, 9.17) is 16.3 Å². The zero-order valence-corrected chi connectivity index (χ0v) is 11.5. The minimum Gasteiger partial charge on any atom is -0.480 e. The Hall–Kier alpha value is -2.33. The van der Waals surface area contributed by atoms with Crippen LogP contribution in [-0.4, -0.2) is 11.1 Å². The van der Waals surface area contributed by atoms with Gasteiger partial charge >= 0.3 is 5.97 Å². The van der Waals surface area contributed by atoms with E-state index in [9.17, 15) is 14.3 Å². The van der Waals surface area contributed by atoms with E-state index in [2.05, 4.69) is 0 Å². The number of aliphatic carboxylic acids is 1. The smallest absolute Gasteiger partial charge is 0.335 e. The standard InChI is InChI=1S/C16H10ClFO3/c17-12-8-10(5-6-13(12)18)15-11(16(19)20)7-9-3-1-2-4-14(9)21-15/h1-8,15H,(H,19,20). The number of carboxylic acid groups (broad SMARTS) is 1. The second-order valence-corrected chi connectivity index (χ2v) is 5.02. The van der Waals surface area contributed by atoms with Crippen LogP contribution in [0, 0.1) is 5.82 Å². The second-order valence-electron chi connectivity index (χ2n) is 4.61. The third kappa shape index (κ3) is 2.50. The molecule has 0 bridgehead atoms. The quantitative estimate of drug-likeness (QED) is 0.909. The predicted molar refractivity (Wildman–Crippen MR) is 76.8 cm³/mol. The summed E-state index contributed by atoms with van der Waals surface area (Å²) in [5, 5.41) is 9.29. The maximum atomic E-state index is 13.3. The Morgan fingerprint density at radius 1 is 1.24 bits per heavy atom. The molecular formula is C16H10ClFO3. The summed E-state index contributed by atoms with van der Waals surface area (Å²) in [6.45, 7) is 0. The summed E-state index contributed by atoms with van der Waals surface area (Å²) in [5.41, 5.74) is 1.26. The number of hydrogen-bond acceptors (Lipinski definition) is 2. The van der Waals surface area contributed by atoms with Crippen molar-refractivity contribution in [1.29, 1.82) is 0 Å². The molecule has 0 aliphatic carbocycles. The van der Waals surface area contributed by atoms with Crippen molar-refractivity contribution < 1.29 is 19.0 Å². The fourth-order valence-electron chi connectivity index (χ4n) is 2.24. The molecule has 106 valence electrons. The maximum absolute atomic E-state index is 13.3. The number of halogens is 2. The van der Waals surface area contributed by atoms with Crippen LogP contribution in [0.15, 0.2) is 48.0 Å². The Morgan fingerprint density at radius 2 is 2.00 bits per heavy atom. The van der Waals surface area contributed by atoms with Gasteiger partial charge in [0.2, 0.25) is 0 Å². The van der Waals surface area contributed by atoms with Crippen LogP contribution < -0.4 is 4.74 Å². The molecule has 2 aromatic carbocycles. The first-order chi connectivity index (χ1) is 10.1. The average Bonchev–Trinajstić information content (AvgIpc) is 2.48. The lowest BCUT2D eigenvalue weighted by molar-refractivity contribution is -0.133. The monoisotopic (exact) mass is 304 g/mol. The molecule has 1 aliphatic rings. The average molecular weight is 305 g/mol. The fourth-order valence-corrected chi connectivity index (χ4v) is 2.43. The lowest BCUT2D eigenvalue weighted by Crippen LogP contribution is -2.20. The summed E-state index contributed by atoms with van der Waals surface area (Å²) in [5.74, 6) is -1.07. The van der Waals surface area contributed by atoms with E-state index in [1.165, 1.54) is 18.2 Å². The molecule has 0 fully saturated rings. The molecule has 0 radical (unpaired) electrons. The predicted octanol–water partition coefficient (Wildman–Crippen LogP) is 4.08. The zero-order chi connectivity index (χ0) is 15.0. The van der Waals surface area contributed by atoms with Crippen molar-refractivity contribution in [2.75, 3.05) is 0 Å². The molecule has 0 saturated carbocycles. The number of fused-ring (bicyclic) bond motifs is 1. The van der Waals surface area contributed by atoms with Gasteiger partial charge in [0.25, 0.3) is 0 Å². The first kappa shape index (κ1) is 13.6. The highest BCUT2D eigenvalue weighted by Crippen LogP contribution is 2.38. The highest BCUT2D eigenvalue weighted by Gasteiger charge is 2.29. The minimum atomic E-state index is -1.09. The number of ether oxygens (including phenoxy) is 1. The molecule has 3 rings (SSSR count). The molecule has 3 nitrogen and oxygen atoms in total. The summed E-state index contributed by atoms with van der Waals surface area (Å²) in [6.07, 6.45) is 0.735. The molecule has 0 saturated heterocycles. The molecule has 2 aromatic rings. The summed E-state index contributed by atoms with van der Waals surface area (Å²) < 4.78 is 19.0. The lowest BCUT2D eigenvalue weighted by atomic mass is 9.96. The number of benzene rings is 2. The Morgan fingerprint density at radius 3 is 2.71 bits per heavy atom.